The number of rotatable bonds is 5. The highest BCUT2D eigenvalue weighted by molar-refractivity contribution is 5.51. The largest absolute Gasteiger partial charge is 0.492 e. The molecule has 4 rings (SSSR count). The summed E-state index contributed by atoms with van der Waals surface area (Å²) in [6, 6.07) is 8.43. The van der Waals surface area contributed by atoms with Crippen LogP contribution < -0.4 is 20.3 Å². The lowest BCUT2D eigenvalue weighted by molar-refractivity contribution is 0.0664. The van der Waals surface area contributed by atoms with Gasteiger partial charge < -0.3 is 15.0 Å². The Morgan fingerprint density at radius 2 is 1.73 bits per heavy atom. The van der Waals surface area contributed by atoms with Crippen molar-refractivity contribution in [3.05, 3.63) is 36.5 Å². The average Bonchev–Trinajstić information content (AvgIpc) is 2.72. The maximum Gasteiger partial charge on any atom is 0.119 e. The first-order chi connectivity index (χ1) is 12.8. The van der Waals surface area contributed by atoms with E-state index in [1.807, 2.05) is 0 Å². The molecule has 5 heteroatoms. The summed E-state index contributed by atoms with van der Waals surface area (Å²) in [6.07, 6.45) is 9.73. The number of ether oxygens (including phenoxy) is 1. The Kier molecular flexibility index (Phi) is 5.78. The molecule has 0 radical (unpaired) electrons. The number of hydrogen-bond acceptors (Lipinski definition) is 5. The molecule has 0 saturated carbocycles. The van der Waals surface area contributed by atoms with Gasteiger partial charge in [-0.05, 0) is 81.5 Å². The minimum atomic E-state index is 0.635. The van der Waals surface area contributed by atoms with Gasteiger partial charge in [0.2, 0.25) is 0 Å². The molecule has 1 spiro atoms. The third kappa shape index (κ3) is 4.40. The van der Waals surface area contributed by atoms with Gasteiger partial charge in [0.15, 0.2) is 0 Å². The van der Waals surface area contributed by atoms with Crippen LogP contribution in [0.2, 0.25) is 0 Å². The van der Waals surface area contributed by atoms with Crippen molar-refractivity contribution in [2.24, 2.45) is 5.41 Å². The minimum absolute atomic E-state index is 0.635. The Balaban J connectivity index is 1.19. The fourth-order valence-electron chi connectivity index (χ4n) is 4.41. The van der Waals surface area contributed by atoms with Crippen molar-refractivity contribution in [1.82, 2.24) is 15.5 Å². The molecule has 0 amide bonds. The minimum Gasteiger partial charge on any atom is -0.492 e. The lowest BCUT2D eigenvalue weighted by Crippen LogP contribution is -2.46. The van der Waals surface area contributed by atoms with Gasteiger partial charge in [-0.3, -0.25) is 10.2 Å². The third-order valence-corrected chi connectivity index (χ3v) is 6.26. The van der Waals surface area contributed by atoms with Crippen molar-refractivity contribution in [3.63, 3.8) is 0 Å². The summed E-state index contributed by atoms with van der Waals surface area (Å²) in [7, 11) is 0. The first-order valence-corrected chi connectivity index (χ1v) is 10.1. The van der Waals surface area contributed by atoms with E-state index >= 15 is 0 Å². The van der Waals surface area contributed by atoms with Crippen LogP contribution in [0.3, 0.4) is 0 Å². The van der Waals surface area contributed by atoms with Gasteiger partial charge in [0, 0.05) is 25.0 Å². The molecule has 3 aliphatic rings. The fraction of sp³-hybridized carbons (Fsp3) is 0.619. The Labute approximate surface area is 157 Å². The predicted molar refractivity (Wildman–Crippen MR) is 107 cm³/mol. The first-order valence-electron chi connectivity index (χ1n) is 10.1. The zero-order valence-corrected chi connectivity index (χ0v) is 15.8. The second-order valence-corrected chi connectivity index (χ2v) is 7.90. The molecule has 2 fully saturated rings. The Morgan fingerprint density at radius 1 is 0.962 bits per heavy atom. The van der Waals surface area contributed by atoms with Crippen molar-refractivity contribution in [2.45, 2.75) is 25.7 Å². The highest BCUT2D eigenvalue weighted by Crippen LogP contribution is 2.39. The van der Waals surface area contributed by atoms with Crippen molar-refractivity contribution < 1.29 is 4.74 Å². The van der Waals surface area contributed by atoms with Crippen LogP contribution in [0.5, 0.6) is 5.75 Å². The number of likely N-dealkylation sites (tertiary alicyclic amines) is 1. The van der Waals surface area contributed by atoms with E-state index in [0.717, 1.165) is 32.1 Å². The van der Waals surface area contributed by atoms with Gasteiger partial charge in [-0.25, -0.2) is 0 Å². The highest BCUT2D eigenvalue weighted by Gasteiger charge is 2.35. The molecule has 5 nitrogen and oxygen atoms in total. The Bertz CT molecular complexity index is 585. The lowest BCUT2D eigenvalue weighted by atomic mass is 9.71. The normalized spacial score (nSPS) is 23.3. The molecule has 3 aliphatic heterocycles. The highest BCUT2D eigenvalue weighted by atomic mass is 16.5. The zero-order chi connectivity index (χ0) is 17.7. The molecule has 26 heavy (non-hydrogen) atoms. The summed E-state index contributed by atoms with van der Waals surface area (Å²) in [4.78, 5) is 4.78. The van der Waals surface area contributed by atoms with Crippen molar-refractivity contribution in [3.8, 4) is 5.75 Å². The monoisotopic (exact) mass is 356 g/mol. The number of hydrogen-bond donors (Lipinski definition) is 2. The molecular formula is C21H32N4O. The van der Waals surface area contributed by atoms with Gasteiger partial charge >= 0.3 is 0 Å². The summed E-state index contributed by atoms with van der Waals surface area (Å²) in [5.41, 5.74) is 1.83. The topological polar surface area (TPSA) is 39.8 Å². The molecule has 0 unspecified atom stereocenters. The molecule has 0 bridgehead atoms. The van der Waals surface area contributed by atoms with E-state index in [4.69, 9.17) is 4.74 Å². The molecule has 0 aromatic heterocycles. The fourth-order valence-corrected chi connectivity index (χ4v) is 4.41. The molecular weight excluding hydrogens is 324 g/mol. The first kappa shape index (κ1) is 17.8. The van der Waals surface area contributed by atoms with Crippen LogP contribution in [0.15, 0.2) is 36.5 Å². The Hall–Kier alpha value is -1.56. The summed E-state index contributed by atoms with van der Waals surface area (Å²) < 4.78 is 5.98. The summed E-state index contributed by atoms with van der Waals surface area (Å²) in [5, 5.41) is 6.84. The molecule has 2 saturated heterocycles. The van der Waals surface area contributed by atoms with Gasteiger partial charge in [-0.2, -0.15) is 0 Å². The maximum atomic E-state index is 5.98. The van der Waals surface area contributed by atoms with E-state index in [1.165, 1.54) is 57.5 Å². The van der Waals surface area contributed by atoms with E-state index < -0.39 is 0 Å². The summed E-state index contributed by atoms with van der Waals surface area (Å²) in [6.45, 7) is 8.52. The molecule has 1 aromatic carbocycles. The molecule has 0 aliphatic carbocycles. The van der Waals surface area contributed by atoms with Gasteiger partial charge in [-0.15, -0.1) is 0 Å². The SMILES string of the molecule is C1=CN(c2ccc(OCCN3CCC4(CCNCC4)CC3)cc2)CNC1. The van der Waals surface area contributed by atoms with Crippen LogP contribution in [-0.2, 0) is 0 Å². The quantitative estimate of drug-likeness (QED) is 0.848. The van der Waals surface area contributed by atoms with Gasteiger partial charge in [0.1, 0.15) is 12.4 Å². The van der Waals surface area contributed by atoms with Crippen LogP contribution in [0.25, 0.3) is 0 Å². The smallest absolute Gasteiger partial charge is 0.119 e. The van der Waals surface area contributed by atoms with Crippen LogP contribution in [0, 0.1) is 5.41 Å². The maximum absolute atomic E-state index is 5.98. The van der Waals surface area contributed by atoms with Gasteiger partial charge in [-0.1, -0.05) is 6.08 Å². The zero-order valence-electron chi connectivity index (χ0n) is 15.8. The van der Waals surface area contributed by atoms with E-state index in [2.05, 4.69) is 57.0 Å². The number of piperidine rings is 2. The molecule has 0 atom stereocenters. The van der Waals surface area contributed by atoms with Crippen LogP contribution in [0.1, 0.15) is 25.7 Å². The van der Waals surface area contributed by atoms with E-state index in [-0.39, 0.29) is 0 Å². The number of benzene rings is 1. The van der Waals surface area contributed by atoms with Gasteiger partial charge in [0.05, 0.1) is 6.67 Å². The van der Waals surface area contributed by atoms with E-state index in [1.54, 1.807) is 0 Å². The van der Waals surface area contributed by atoms with Crippen molar-refractivity contribution >= 4 is 5.69 Å². The molecule has 1 aromatic rings. The van der Waals surface area contributed by atoms with Crippen molar-refractivity contribution in [2.75, 3.05) is 57.4 Å². The Morgan fingerprint density at radius 3 is 2.42 bits per heavy atom. The predicted octanol–water partition coefficient (Wildman–Crippen LogP) is 2.41. The second-order valence-electron chi connectivity index (χ2n) is 7.90. The number of nitrogens with zero attached hydrogens (tertiary/aromatic N) is 2. The van der Waals surface area contributed by atoms with E-state index in [9.17, 15) is 0 Å². The van der Waals surface area contributed by atoms with Crippen LogP contribution >= 0.6 is 0 Å². The molecule has 142 valence electrons. The molecule has 2 N–H and O–H groups in total. The van der Waals surface area contributed by atoms with E-state index in [0.29, 0.717) is 5.41 Å². The summed E-state index contributed by atoms with van der Waals surface area (Å²) >= 11 is 0. The van der Waals surface area contributed by atoms with Crippen LogP contribution in [-0.4, -0.2) is 57.4 Å². The van der Waals surface area contributed by atoms with Crippen molar-refractivity contribution in [1.29, 1.82) is 0 Å². The number of anilines is 1. The third-order valence-electron chi connectivity index (χ3n) is 6.26. The lowest BCUT2D eigenvalue weighted by Gasteiger charge is -2.44. The number of nitrogens with one attached hydrogen (secondary N) is 2. The second kappa shape index (κ2) is 8.42. The average molecular weight is 357 g/mol. The summed E-state index contributed by atoms with van der Waals surface area (Å²) in [5.74, 6) is 0.967. The standard InChI is InChI=1S/C21H32N4O/c1-10-23-18-25(13-1)19-2-4-20(5-3-19)26-17-16-24-14-8-21(9-15-24)6-11-22-12-7-21/h1-5,13,22-23H,6-12,14-18H2. The van der Waals surface area contributed by atoms with Crippen LogP contribution in [0.4, 0.5) is 5.69 Å². The van der Waals surface area contributed by atoms with Gasteiger partial charge in [0.25, 0.3) is 0 Å². The molecule has 3 heterocycles.